The second kappa shape index (κ2) is 9.36. The number of allylic oxidation sites excluding steroid dienone is 4. The number of Topliss-reactive ketones (excluding diaryl/α,β-unsaturated/α-hetero) is 1. The summed E-state index contributed by atoms with van der Waals surface area (Å²) in [6, 6.07) is 0. The molecule has 0 aliphatic heterocycles. The van der Waals surface area contributed by atoms with Gasteiger partial charge in [0.05, 0.1) is 6.10 Å². The second-order valence-electron chi connectivity index (χ2n) is 11.1. The molecule has 0 aromatic heterocycles. The maximum atomic E-state index is 13.1. The first-order chi connectivity index (χ1) is 15.7. The summed E-state index contributed by atoms with van der Waals surface area (Å²) < 4.78 is 5.24. The summed E-state index contributed by atoms with van der Waals surface area (Å²) >= 11 is 0. The van der Waals surface area contributed by atoms with E-state index in [-0.39, 0.29) is 40.8 Å². The van der Waals surface area contributed by atoms with Gasteiger partial charge in [0, 0.05) is 23.8 Å². The number of fused-ring (bicyclic) bond motifs is 5. The van der Waals surface area contributed by atoms with Crippen molar-refractivity contribution in [3.05, 3.63) is 23.8 Å². The first-order valence-electron chi connectivity index (χ1n) is 12.8. The van der Waals surface area contributed by atoms with E-state index in [1.54, 1.807) is 12.2 Å². The molecule has 0 heterocycles. The molecule has 0 aromatic carbocycles. The average Bonchev–Trinajstić information content (AvgIpc) is 3.12. The van der Waals surface area contributed by atoms with Gasteiger partial charge in [-0.1, -0.05) is 45.3 Å². The van der Waals surface area contributed by atoms with Crippen molar-refractivity contribution in [1.29, 1.82) is 0 Å². The van der Waals surface area contributed by atoms with E-state index in [1.807, 2.05) is 6.08 Å². The number of unbranched alkanes of at least 4 members (excludes halogenated alkanes) is 2. The molecule has 7 unspecified atom stereocenters. The Hall–Kier alpha value is -1.95. The highest BCUT2D eigenvalue weighted by molar-refractivity contribution is 6.01. The number of alkyl carbamates (subject to hydrolysis) is 1. The highest BCUT2D eigenvalue weighted by Crippen LogP contribution is 2.66. The summed E-state index contributed by atoms with van der Waals surface area (Å²) in [6.45, 7) is 6.79. The number of carbonyl (C=O) groups is 3. The van der Waals surface area contributed by atoms with Crippen molar-refractivity contribution in [1.82, 2.24) is 5.32 Å². The van der Waals surface area contributed by atoms with Crippen LogP contribution in [0.25, 0.3) is 0 Å². The second-order valence-corrected chi connectivity index (χ2v) is 11.1. The average molecular weight is 458 g/mol. The van der Waals surface area contributed by atoms with Gasteiger partial charge in [-0.15, -0.1) is 0 Å². The molecule has 0 aromatic rings. The van der Waals surface area contributed by atoms with Crippen LogP contribution in [-0.4, -0.2) is 42.0 Å². The third kappa shape index (κ3) is 4.31. The molecule has 0 saturated heterocycles. The zero-order valence-electron chi connectivity index (χ0n) is 20.3. The molecule has 4 aliphatic carbocycles. The summed E-state index contributed by atoms with van der Waals surface area (Å²) in [5.41, 5.74) is 0.561. The Labute approximate surface area is 197 Å². The monoisotopic (exact) mass is 457 g/mol. The predicted octanol–water partition coefficient (Wildman–Crippen LogP) is 4.37. The van der Waals surface area contributed by atoms with Gasteiger partial charge in [0.15, 0.2) is 18.2 Å². The number of nitrogens with one attached hydrogen (secondary N) is 1. The number of ketones is 2. The van der Waals surface area contributed by atoms with Crippen molar-refractivity contribution in [2.45, 2.75) is 78.2 Å². The van der Waals surface area contributed by atoms with E-state index in [9.17, 15) is 19.5 Å². The first-order valence-corrected chi connectivity index (χ1v) is 12.8. The number of aliphatic hydroxyl groups excluding tert-OH is 1. The Morgan fingerprint density at radius 2 is 2.00 bits per heavy atom. The third-order valence-electron chi connectivity index (χ3n) is 9.28. The van der Waals surface area contributed by atoms with E-state index in [0.29, 0.717) is 24.8 Å². The van der Waals surface area contributed by atoms with Crippen molar-refractivity contribution in [3.8, 4) is 0 Å². The quantitative estimate of drug-likeness (QED) is 0.554. The minimum absolute atomic E-state index is 0.0277. The molecular formula is C27H39NO5. The van der Waals surface area contributed by atoms with Crippen LogP contribution in [0.1, 0.15) is 72.1 Å². The van der Waals surface area contributed by atoms with Gasteiger partial charge in [-0.3, -0.25) is 9.59 Å². The van der Waals surface area contributed by atoms with E-state index in [2.05, 4.69) is 26.1 Å². The van der Waals surface area contributed by atoms with Gasteiger partial charge in [-0.05, 0) is 67.9 Å². The highest BCUT2D eigenvalue weighted by atomic mass is 16.5. The Bertz CT molecular complexity index is 863. The van der Waals surface area contributed by atoms with Crippen molar-refractivity contribution in [3.63, 3.8) is 0 Å². The number of carbonyl (C=O) groups excluding carboxylic acids is 3. The summed E-state index contributed by atoms with van der Waals surface area (Å²) in [5, 5.41) is 14.1. The molecule has 0 bridgehead atoms. The number of ether oxygens (including phenoxy) is 1. The van der Waals surface area contributed by atoms with Gasteiger partial charge in [0.1, 0.15) is 0 Å². The number of amides is 1. The van der Waals surface area contributed by atoms with Gasteiger partial charge in [0.25, 0.3) is 0 Å². The van der Waals surface area contributed by atoms with Gasteiger partial charge < -0.3 is 15.2 Å². The summed E-state index contributed by atoms with van der Waals surface area (Å²) in [5.74, 6) is 0.557. The molecule has 7 atom stereocenters. The lowest BCUT2D eigenvalue weighted by atomic mass is 9.46. The van der Waals surface area contributed by atoms with Crippen LogP contribution in [0.5, 0.6) is 0 Å². The number of hydrogen-bond donors (Lipinski definition) is 2. The van der Waals surface area contributed by atoms with Crippen LogP contribution >= 0.6 is 0 Å². The van der Waals surface area contributed by atoms with Crippen LogP contribution in [0, 0.1) is 34.5 Å². The van der Waals surface area contributed by atoms with E-state index in [1.165, 1.54) is 0 Å². The Morgan fingerprint density at radius 1 is 1.21 bits per heavy atom. The molecule has 182 valence electrons. The van der Waals surface area contributed by atoms with E-state index in [0.717, 1.165) is 50.5 Å². The highest BCUT2D eigenvalue weighted by Gasteiger charge is 2.62. The first kappa shape index (κ1) is 24.2. The summed E-state index contributed by atoms with van der Waals surface area (Å²) in [7, 11) is 0. The maximum Gasteiger partial charge on any atom is 0.407 e. The van der Waals surface area contributed by atoms with Gasteiger partial charge in [-0.25, -0.2) is 4.79 Å². The Morgan fingerprint density at radius 3 is 2.76 bits per heavy atom. The molecule has 33 heavy (non-hydrogen) atoms. The lowest BCUT2D eigenvalue weighted by molar-refractivity contribution is -0.141. The van der Waals surface area contributed by atoms with Crippen LogP contribution in [0.4, 0.5) is 4.79 Å². The van der Waals surface area contributed by atoms with Crippen LogP contribution in [-0.2, 0) is 14.3 Å². The predicted molar refractivity (Wildman–Crippen MR) is 125 cm³/mol. The smallest absolute Gasteiger partial charge is 0.407 e. The van der Waals surface area contributed by atoms with Crippen molar-refractivity contribution >= 4 is 17.7 Å². The standard InChI is InChI=1S/C27H39NO5/c1-4-5-6-13-28-25(32)33-16-23(31)21-10-9-20-19-8-7-17-14-18(29)11-12-26(17,2)24(19)22(30)15-27(20,21)3/h11-12,14,19-22,24,30H,4-10,13,15-16H2,1-3H3,(H,28,32). The number of hydrogen-bond acceptors (Lipinski definition) is 5. The van der Waals surface area contributed by atoms with Crippen molar-refractivity contribution in [2.24, 2.45) is 34.5 Å². The van der Waals surface area contributed by atoms with Crippen LogP contribution in [0.15, 0.2) is 23.8 Å². The molecule has 0 spiro atoms. The normalized spacial score (nSPS) is 39.2. The minimum atomic E-state index is -0.529. The lowest BCUT2D eigenvalue weighted by Crippen LogP contribution is -2.56. The molecule has 6 heteroatoms. The molecule has 1 amide bonds. The van der Waals surface area contributed by atoms with E-state index >= 15 is 0 Å². The molecular weight excluding hydrogens is 418 g/mol. The van der Waals surface area contributed by atoms with Crippen LogP contribution in [0.3, 0.4) is 0 Å². The Kier molecular flexibility index (Phi) is 6.86. The van der Waals surface area contributed by atoms with Crippen molar-refractivity contribution in [2.75, 3.05) is 13.2 Å². The largest absolute Gasteiger partial charge is 0.442 e. The third-order valence-corrected chi connectivity index (χ3v) is 9.28. The summed E-state index contributed by atoms with van der Waals surface area (Å²) in [4.78, 5) is 37.0. The molecule has 6 nitrogen and oxygen atoms in total. The van der Waals surface area contributed by atoms with Crippen LogP contribution < -0.4 is 5.32 Å². The molecule has 0 radical (unpaired) electrons. The molecule has 4 aliphatic rings. The zero-order valence-corrected chi connectivity index (χ0v) is 20.3. The lowest BCUT2D eigenvalue weighted by Gasteiger charge is -2.58. The summed E-state index contributed by atoms with van der Waals surface area (Å²) in [6.07, 6.45) is 11.5. The Balaban J connectivity index is 1.43. The minimum Gasteiger partial charge on any atom is -0.442 e. The molecule has 3 saturated carbocycles. The van der Waals surface area contributed by atoms with Crippen LogP contribution in [0.2, 0.25) is 0 Å². The topological polar surface area (TPSA) is 92.7 Å². The fraction of sp³-hybridized carbons (Fsp3) is 0.741. The fourth-order valence-electron chi connectivity index (χ4n) is 7.71. The van der Waals surface area contributed by atoms with Gasteiger partial charge >= 0.3 is 6.09 Å². The molecule has 3 fully saturated rings. The molecule has 4 rings (SSSR count). The number of aliphatic hydroxyl groups is 1. The zero-order chi connectivity index (χ0) is 23.8. The van der Waals surface area contributed by atoms with E-state index in [4.69, 9.17) is 4.74 Å². The van der Waals surface area contributed by atoms with Crippen molar-refractivity contribution < 1.29 is 24.2 Å². The van der Waals surface area contributed by atoms with Gasteiger partial charge in [0.2, 0.25) is 0 Å². The van der Waals surface area contributed by atoms with Gasteiger partial charge in [-0.2, -0.15) is 0 Å². The molecule has 2 N–H and O–H groups in total. The number of rotatable bonds is 7. The fourth-order valence-corrected chi connectivity index (χ4v) is 7.71. The van der Waals surface area contributed by atoms with E-state index < -0.39 is 12.2 Å². The maximum absolute atomic E-state index is 13.1. The SMILES string of the molecule is CCCCCNC(=O)OCC(=O)C1CCC2C3CCC4=CC(=O)C=CC4(C)C3C(O)CC12C.